The Morgan fingerprint density at radius 3 is 2.50 bits per heavy atom. The van der Waals surface area contributed by atoms with Crippen LogP contribution in [0.25, 0.3) is 0 Å². The van der Waals surface area contributed by atoms with Gasteiger partial charge in [-0.05, 0) is 57.8 Å². The Hall–Kier alpha value is -1.30. The fourth-order valence-electron chi connectivity index (χ4n) is 2.64. The zero-order chi connectivity index (χ0) is 14.6. The van der Waals surface area contributed by atoms with Gasteiger partial charge in [0.05, 0.1) is 0 Å². The van der Waals surface area contributed by atoms with Crippen molar-refractivity contribution in [3.63, 3.8) is 0 Å². The Balaban J connectivity index is 2.40. The summed E-state index contributed by atoms with van der Waals surface area (Å²) in [5, 5.41) is 0. The molecule has 1 rings (SSSR count). The lowest BCUT2D eigenvalue weighted by Gasteiger charge is -2.17. The van der Waals surface area contributed by atoms with E-state index >= 15 is 0 Å². The second-order valence-corrected chi connectivity index (χ2v) is 5.62. The van der Waals surface area contributed by atoms with Gasteiger partial charge in [0.2, 0.25) is 0 Å². The Morgan fingerprint density at radius 1 is 1.15 bits per heavy atom. The lowest BCUT2D eigenvalue weighted by molar-refractivity contribution is 0.493. The van der Waals surface area contributed by atoms with Crippen LogP contribution in [0.15, 0.2) is 60.3 Å². The molecule has 1 atom stereocenters. The first-order valence-electron chi connectivity index (χ1n) is 8.06. The SMILES string of the molecule is C=CC[C@@H](C/C=C\C=C/C)CCC1=CC=C(CC)CC1. The van der Waals surface area contributed by atoms with E-state index in [4.69, 9.17) is 0 Å². The fraction of sp³-hybridized carbons (Fsp3) is 0.500. The van der Waals surface area contributed by atoms with E-state index in [0.717, 1.165) is 12.3 Å². The molecule has 0 saturated heterocycles. The molecule has 0 N–H and O–H groups in total. The van der Waals surface area contributed by atoms with Crippen LogP contribution in [0.5, 0.6) is 0 Å². The Labute approximate surface area is 125 Å². The third kappa shape index (κ3) is 6.75. The molecular formula is C20H30. The summed E-state index contributed by atoms with van der Waals surface area (Å²) in [5.74, 6) is 0.742. The van der Waals surface area contributed by atoms with Crippen molar-refractivity contribution in [3.05, 3.63) is 60.3 Å². The highest BCUT2D eigenvalue weighted by molar-refractivity contribution is 5.23. The standard InChI is InChI=1S/C20H30/c1-4-7-8-9-11-19(10-5-2)16-17-20-14-12-18(6-3)13-15-20/h4-5,7-9,12,14,19H,2,6,10-11,13,15-17H2,1,3H3/b7-4-,9-8-/t19-/m0/s1. The molecule has 1 aliphatic rings. The minimum absolute atomic E-state index is 0.742. The van der Waals surface area contributed by atoms with E-state index in [-0.39, 0.29) is 0 Å². The van der Waals surface area contributed by atoms with Crippen LogP contribution in [0.4, 0.5) is 0 Å². The topological polar surface area (TPSA) is 0 Å². The lowest BCUT2D eigenvalue weighted by Crippen LogP contribution is -2.00. The van der Waals surface area contributed by atoms with Gasteiger partial charge < -0.3 is 0 Å². The van der Waals surface area contributed by atoms with Crippen molar-refractivity contribution in [1.29, 1.82) is 0 Å². The molecule has 0 saturated carbocycles. The van der Waals surface area contributed by atoms with Gasteiger partial charge in [-0.3, -0.25) is 0 Å². The molecule has 0 amide bonds. The third-order valence-corrected chi connectivity index (χ3v) is 4.06. The molecule has 20 heavy (non-hydrogen) atoms. The zero-order valence-electron chi connectivity index (χ0n) is 13.3. The monoisotopic (exact) mass is 270 g/mol. The van der Waals surface area contributed by atoms with Crippen LogP contribution >= 0.6 is 0 Å². The van der Waals surface area contributed by atoms with E-state index in [1.807, 2.05) is 0 Å². The third-order valence-electron chi connectivity index (χ3n) is 4.06. The average molecular weight is 270 g/mol. The Morgan fingerprint density at radius 2 is 1.90 bits per heavy atom. The summed E-state index contributed by atoms with van der Waals surface area (Å²) in [7, 11) is 0. The molecule has 0 spiro atoms. The highest BCUT2D eigenvalue weighted by Crippen LogP contribution is 2.27. The summed E-state index contributed by atoms with van der Waals surface area (Å²) in [5.41, 5.74) is 3.24. The van der Waals surface area contributed by atoms with Crippen LogP contribution in [-0.4, -0.2) is 0 Å². The number of hydrogen-bond donors (Lipinski definition) is 0. The van der Waals surface area contributed by atoms with Gasteiger partial charge in [0.1, 0.15) is 0 Å². The van der Waals surface area contributed by atoms with E-state index in [9.17, 15) is 0 Å². The lowest BCUT2D eigenvalue weighted by atomic mass is 9.89. The van der Waals surface area contributed by atoms with Crippen LogP contribution in [0.2, 0.25) is 0 Å². The molecule has 1 aliphatic carbocycles. The van der Waals surface area contributed by atoms with E-state index in [1.54, 1.807) is 11.1 Å². The van der Waals surface area contributed by atoms with Crippen molar-refractivity contribution >= 4 is 0 Å². The molecular weight excluding hydrogens is 240 g/mol. The second kappa shape index (κ2) is 10.5. The average Bonchev–Trinajstić information content (AvgIpc) is 2.49. The largest absolute Gasteiger partial charge is 0.103 e. The Bertz CT molecular complexity index is 390. The highest BCUT2D eigenvalue weighted by Gasteiger charge is 2.09. The normalized spacial score (nSPS) is 17.3. The molecule has 0 aromatic carbocycles. The minimum atomic E-state index is 0.742. The van der Waals surface area contributed by atoms with Gasteiger partial charge >= 0.3 is 0 Å². The van der Waals surface area contributed by atoms with Gasteiger partial charge in [-0.15, -0.1) is 6.58 Å². The first kappa shape index (κ1) is 16.8. The fourth-order valence-corrected chi connectivity index (χ4v) is 2.64. The van der Waals surface area contributed by atoms with E-state index in [2.05, 4.69) is 63.0 Å². The quantitative estimate of drug-likeness (QED) is 0.330. The van der Waals surface area contributed by atoms with Crippen LogP contribution in [0, 0.1) is 5.92 Å². The van der Waals surface area contributed by atoms with Crippen molar-refractivity contribution < 1.29 is 0 Å². The van der Waals surface area contributed by atoms with Gasteiger partial charge in [0, 0.05) is 0 Å². The predicted molar refractivity (Wildman–Crippen MR) is 91.8 cm³/mol. The molecule has 0 fully saturated rings. The maximum absolute atomic E-state index is 3.90. The van der Waals surface area contributed by atoms with Crippen LogP contribution in [-0.2, 0) is 0 Å². The first-order valence-corrected chi connectivity index (χ1v) is 8.06. The number of rotatable bonds is 9. The molecule has 0 aromatic rings. The predicted octanol–water partition coefficient (Wildman–Crippen LogP) is 6.54. The van der Waals surface area contributed by atoms with Crippen molar-refractivity contribution in [3.8, 4) is 0 Å². The van der Waals surface area contributed by atoms with Gasteiger partial charge in [0.25, 0.3) is 0 Å². The molecule has 0 bridgehead atoms. The van der Waals surface area contributed by atoms with E-state index in [0.29, 0.717) is 0 Å². The smallest absolute Gasteiger partial charge is 0.0280 e. The summed E-state index contributed by atoms with van der Waals surface area (Å²) >= 11 is 0. The second-order valence-electron chi connectivity index (χ2n) is 5.62. The van der Waals surface area contributed by atoms with Crippen LogP contribution < -0.4 is 0 Å². The molecule has 0 heterocycles. The molecule has 110 valence electrons. The summed E-state index contributed by atoms with van der Waals surface area (Å²) in [6, 6.07) is 0. The van der Waals surface area contributed by atoms with Crippen LogP contribution in [0.1, 0.15) is 58.8 Å². The van der Waals surface area contributed by atoms with Crippen LogP contribution in [0.3, 0.4) is 0 Å². The van der Waals surface area contributed by atoms with Gasteiger partial charge in [-0.25, -0.2) is 0 Å². The first-order chi connectivity index (χ1) is 9.80. The summed E-state index contributed by atoms with van der Waals surface area (Å²) in [4.78, 5) is 0. The highest BCUT2D eigenvalue weighted by atomic mass is 14.1. The van der Waals surface area contributed by atoms with E-state index in [1.165, 1.54) is 38.5 Å². The minimum Gasteiger partial charge on any atom is -0.103 e. The molecule has 0 heteroatoms. The molecule has 0 nitrogen and oxygen atoms in total. The molecule has 0 aromatic heterocycles. The van der Waals surface area contributed by atoms with Crippen molar-refractivity contribution in [2.75, 3.05) is 0 Å². The maximum Gasteiger partial charge on any atom is -0.0280 e. The van der Waals surface area contributed by atoms with Crippen molar-refractivity contribution in [2.45, 2.75) is 58.8 Å². The molecule has 0 radical (unpaired) electrons. The van der Waals surface area contributed by atoms with Gasteiger partial charge in [-0.2, -0.15) is 0 Å². The van der Waals surface area contributed by atoms with E-state index < -0.39 is 0 Å². The van der Waals surface area contributed by atoms with Crippen molar-refractivity contribution in [2.24, 2.45) is 5.92 Å². The summed E-state index contributed by atoms with van der Waals surface area (Å²) in [6.07, 6.45) is 24.0. The Kier molecular flexibility index (Phi) is 8.78. The molecule has 0 unspecified atom stereocenters. The summed E-state index contributed by atoms with van der Waals surface area (Å²) < 4.78 is 0. The van der Waals surface area contributed by atoms with Gasteiger partial charge in [-0.1, -0.05) is 60.6 Å². The van der Waals surface area contributed by atoms with Crippen molar-refractivity contribution in [1.82, 2.24) is 0 Å². The maximum atomic E-state index is 3.90. The van der Waals surface area contributed by atoms with Gasteiger partial charge in [0.15, 0.2) is 0 Å². The number of hydrogen-bond acceptors (Lipinski definition) is 0. The molecule has 0 aliphatic heterocycles. The zero-order valence-corrected chi connectivity index (χ0v) is 13.3. The summed E-state index contributed by atoms with van der Waals surface area (Å²) in [6.45, 7) is 8.21. The number of allylic oxidation sites excluding steroid dienone is 9.